The van der Waals surface area contributed by atoms with Crippen LogP contribution in [0.5, 0.6) is 0 Å². The van der Waals surface area contributed by atoms with E-state index < -0.39 is 0 Å². The zero-order valence-electron chi connectivity index (χ0n) is 16.8. The van der Waals surface area contributed by atoms with Gasteiger partial charge < -0.3 is 4.98 Å². The molecule has 3 aromatic heterocycles. The van der Waals surface area contributed by atoms with Crippen LogP contribution in [0.1, 0.15) is 41.5 Å². The minimum absolute atomic E-state index is 0. The summed E-state index contributed by atoms with van der Waals surface area (Å²) in [7, 11) is 0. The molecule has 5 nitrogen and oxygen atoms in total. The minimum Gasteiger partial charge on any atom is -0.341 e. The predicted octanol–water partition coefficient (Wildman–Crippen LogP) is 6.32. The van der Waals surface area contributed by atoms with Crippen molar-refractivity contribution in [2.75, 3.05) is 0 Å². The Morgan fingerprint density at radius 1 is 1.00 bits per heavy atom. The Balaban J connectivity index is 0.00000231. The fraction of sp³-hybridized carbons (Fsp3) is 0.261. The van der Waals surface area contributed by atoms with Gasteiger partial charge in [-0.2, -0.15) is 0 Å². The number of hydrogen-bond acceptors (Lipinski definition) is 4. The molecule has 8 heteroatoms. The molecule has 0 radical (unpaired) electrons. The number of imidazole rings is 1. The van der Waals surface area contributed by atoms with Crippen LogP contribution in [-0.4, -0.2) is 24.8 Å². The highest BCUT2D eigenvalue weighted by Gasteiger charge is 2.28. The summed E-state index contributed by atoms with van der Waals surface area (Å²) in [6.07, 6.45) is 5.15. The van der Waals surface area contributed by atoms with E-state index in [0.717, 1.165) is 47.4 Å². The number of hydrogen-bond donors (Lipinski definition) is 1. The van der Waals surface area contributed by atoms with Gasteiger partial charge in [-0.1, -0.05) is 41.4 Å². The van der Waals surface area contributed by atoms with E-state index in [2.05, 4.69) is 27.0 Å². The molecule has 0 saturated carbocycles. The number of para-hydroxylation sites is 2. The molecule has 1 aliphatic carbocycles. The smallest absolute Gasteiger partial charge is 0.131 e. The van der Waals surface area contributed by atoms with Gasteiger partial charge in [-0.25, -0.2) is 9.97 Å². The molecule has 1 unspecified atom stereocenters. The molecule has 0 aliphatic heterocycles. The van der Waals surface area contributed by atoms with Crippen LogP contribution in [-0.2, 0) is 19.5 Å². The summed E-state index contributed by atoms with van der Waals surface area (Å²) >= 11 is 12.3. The summed E-state index contributed by atoms with van der Waals surface area (Å²) in [6.45, 7) is 1.35. The average Bonchev–Trinajstić information content (AvgIpc) is 3.14. The second-order valence-electron chi connectivity index (χ2n) is 7.68. The van der Waals surface area contributed by atoms with Crippen LogP contribution in [0.4, 0.5) is 0 Å². The molecule has 0 spiro atoms. The van der Waals surface area contributed by atoms with E-state index in [0.29, 0.717) is 23.4 Å². The van der Waals surface area contributed by atoms with Crippen molar-refractivity contribution in [2.45, 2.75) is 38.4 Å². The van der Waals surface area contributed by atoms with E-state index in [1.165, 1.54) is 5.56 Å². The van der Waals surface area contributed by atoms with Gasteiger partial charge in [0.25, 0.3) is 0 Å². The van der Waals surface area contributed by atoms with Crippen molar-refractivity contribution in [3.63, 3.8) is 0 Å². The van der Waals surface area contributed by atoms with Gasteiger partial charge in [0.2, 0.25) is 0 Å². The third kappa shape index (κ3) is 4.93. The van der Waals surface area contributed by atoms with Crippen LogP contribution in [0.15, 0.2) is 54.7 Å². The topological polar surface area (TPSA) is 57.7 Å². The number of aromatic amines is 1. The highest BCUT2D eigenvalue weighted by molar-refractivity contribution is 8.93. The summed E-state index contributed by atoms with van der Waals surface area (Å²) in [5, 5.41) is 0.812. The number of aromatic nitrogens is 4. The molecular weight excluding hydrogens is 497 g/mol. The largest absolute Gasteiger partial charge is 0.341 e. The van der Waals surface area contributed by atoms with Crippen LogP contribution >= 0.6 is 40.2 Å². The number of halogens is 3. The molecule has 5 rings (SSSR count). The van der Waals surface area contributed by atoms with Gasteiger partial charge >= 0.3 is 0 Å². The van der Waals surface area contributed by atoms with E-state index in [-0.39, 0.29) is 23.0 Å². The van der Waals surface area contributed by atoms with Crippen molar-refractivity contribution < 1.29 is 0 Å². The Morgan fingerprint density at radius 3 is 2.61 bits per heavy atom. The fourth-order valence-corrected chi connectivity index (χ4v) is 4.84. The number of aryl methyl sites for hydroxylation is 1. The second kappa shape index (κ2) is 9.65. The second-order valence-corrected chi connectivity index (χ2v) is 8.46. The molecule has 3 heterocycles. The molecule has 160 valence electrons. The van der Waals surface area contributed by atoms with Crippen molar-refractivity contribution in [1.82, 2.24) is 24.8 Å². The quantitative estimate of drug-likeness (QED) is 0.314. The third-order valence-electron chi connectivity index (χ3n) is 5.61. The van der Waals surface area contributed by atoms with E-state index >= 15 is 0 Å². The van der Waals surface area contributed by atoms with Crippen molar-refractivity contribution >= 4 is 51.2 Å². The van der Waals surface area contributed by atoms with E-state index in [1.807, 2.05) is 42.6 Å². The molecule has 1 atom stereocenters. The third-order valence-corrected chi connectivity index (χ3v) is 5.99. The average molecular weight is 519 g/mol. The molecular formula is C23H22BrCl2N5. The Morgan fingerprint density at radius 2 is 1.81 bits per heavy atom. The molecule has 0 bridgehead atoms. The molecule has 31 heavy (non-hydrogen) atoms. The number of fused-ring (bicyclic) bond motifs is 2. The van der Waals surface area contributed by atoms with Gasteiger partial charge in [0.15, 0.2) is 0 Å². The number of nitrogens with one attached hydrogen (secondary N) is 1. The fourth-order valence-electron chi connectivity index (χ4n) is 4.33. The lowest BCUT2D eigenvalue weighted by molar-refractivity contribution is 0.153. The molecule has 0 amide bonds. The van der Waals surface area contributed by atoms with Crippen LogP contribution in [0.3, 0.4) is 0 Å². The van der Waals surface area contributed by atoms with Crippen LogP contribution in [0.25, 0.3) is 11.0 Å². The van der Waals surface area contributed by atoms with Crippen molar-refractivity contribution in [1.29, 1.82) is 0 Å². The first kappa shape index (κ1) is 22.2. The zero-order chi connectivity index (χ0) is 20.5. The van der Waals surface area contributed by atoms with Gasteiger partial charge in [-0.05, 0) is 60.7 Å². The van der Waals surface area contributed by atoms with Gasteiger partial charge in [0.05, 0.1) is 29.3 Å². The maximum atomic E-state index is 6.17. The molecule has 0 saturated heterocycles. The van der Waals surface area contributed by atoms with Gasteiger partial charge in [0.1, 0.15) is 16.1 Å². The van der Waals surface area contributed by atoms with E-state index in [9.17, 15) is 0 Å². The Hall–Kier alpha value is -1.99. The summed E-state index contributed by atoms with van der Waals surface area (Å²) in [5.74, 6) is 0.936. The first-order valence-corrected chi connectivity index (χ1v) is 10.8. The Bertz CT molecular complexity index is 1140. The van der Waals surface area contributed by atoms with Gasteiger partial charge in [-0.3, -0.25) is 9.88 Å². The predicted molar refractivity (Wildman–Crippen MR) is 130 cm³/mol. The molecule has 0 fully saturated rings. The van der Waals surface area contributed by atoms with Crippen molar-refractivity contribution in [2.24, 2.45) is 0 Å². The minimum atomic E-state index is 0. The molecule has 1 aromatic carbocycles. The number of H-pyrrole nitrogens is 1. The van der Waals surface area contributed by atoms with Crippen LogP contribution in [0.2, 0.25) is 10.3 Å². The van der Waals surface area contributed by atoms with Gasteiger partial charge in [-0.15, -0.1) is 17.0 Å². The van der Waals surface area contributed by atoms with Crippen LogP contribution < -0.4 is 0 Å². The molecule has 4 aromatic rings. The highest BCUT2D eigenvalue weighted by atomic mass is 79.9. The molecule has 1 N–H and O–H groups in total. The lowest BCUT2D eigenvalue weighted by Gasteiger charge is -2.34. The normalized spacial score (nSPS) is 15.6. The zero-order valence-corrected chi connectivity index (χ0v) is 20.0. The lowest BCUT2D eigenvalue weighted by atomic mass is 9.90. The SMILES string of the molecule is Br.Clc1cc(CN(Cc2nc3ccccc3[nH]2)C2CCCc3cccnc32)cc(Cl)n1. The monoisotopic (exact) mass is 517 g/mol. The molecule has 1 aliphatic rings. The van der Waals surface area contributed by atoms with Gasteiger partial charge in [0, 0.05) is 12.7 Å². The van der Waals surface area contributed by atoms with Crippen molar-refractivity contribution in [3.05, 3.63) is 87.7 Å². The number of nitrogens with zero attached hydrogens (tertiary/aromatic N) is 4. The highest BCUT2D eigenvalue weighted by Crippen LogP contribution is 2.35. The number of pyridine rings is 2. The first-order valence-electron chi connectivity index (χ1n) is 10.1. The Labute approximate surface area is 201 Å². The maximum absolute atomic E-state index is 6.17. The first-order chi connectivity index (χ1) is 14.7. The summed E-state index contributed by atoms with van der Waals surface area (Å²) in [4.78, 5) is 19.5. The summed E-state index contributed by atoms with van der Waals surface area (Å²) in [5.41, 5.74) is 5.54. The maximum Gasteiger partial charge on any atom is 0.131 e. The van der Waals surface area contributed by atoms with Crippen LogP contribution in [0, 0.1) is 0 Å². The summed E-state index contributed by atoms with van der Waals surface area (Å²) < 4.78 is 0. The standard InChI is InChI=1S/C23H21Cl2N5.BrH/c24-20-11-15(12-21(25)29-20)13-30(14-22-27-17-7-1-2-8-18(17)28-22)19-9-3-5-16-6-4-10-26-23(16)19;/h1-2,4,6-8,10-12,19H,3,5,9,13-14H2,(H,27,28);1H. The lowest BCUT2D eigenvalue weighted by Crippen LogP contribution is -2.31. The summed E-state index contributed by atoms with van der Waals surface area (Å²) in [6, 6.07) is 16.3. The van der Waals surface area contributed by atoms with E-state index in [4.69, 9.17) is 33.2 Å². The Kier molecular flexibility index (Phi) is 6.92. The van der Waals surface area contributed by atoms with Crippen molar-refractivity contribution in [3.8, 4) is 0 Å². The van der Waals surface area contributed by atoms with E-state index in [1.54, 1.807) is 0 Å². The number of benzene rings is 1. The number of rotatable bonds is 5.